The van der Waals surface area contributed by atoms with Crippen LogP contribution in [0.2, 0.25) is 10.0 Å². The molecular formula is C15H14Cl2N2O4S. The molecule has 24 heavy (non-hydrogen) atoms. The first kappa shape index (κ1) is 18.5. The van der Waals surface area contributed by atoms with Crippen LogP contribution in [-0.2, 0) is 14.8 Å². The van der Waals surface area contributed by atoms with Crippen molar-refractivity contribution in [3.05, 3.63) is 52.5 Å². The fourth-order valence-electron chi connectivity index (χ4n) is 1.80. The first-order chi connectivity index (χ1) is 11.3. The van der Waals surface area contributed by atoms with Crippen LogP contribution < -0.4 is 14.8 Å². The molecule has 9 heteroatoms. The van der Waals surface area contributed by atoms with Crippen molar-refractivity contribution < 1.29 is 17.9 Å². The number of sulfonamides is 1. The summed E-state index contributed by atoms with van der Waals surface area (Å²) in [5.41, 5.74) is 0.231. The SMILES string of the molecule is COc1ccc(S(=O)(=O)NCC(=O)Nc2c(Cl)cccc2Cl)cc1. The van der Waals surface area contributed by atoms with Crippen molar-refractivity contribution >= 4 is 44.8 Å². The Bertz CT molecular complexity index is 819. The topological polar surface area (TPSA) is 84.5 Å². The second-order valence-electron chi connectivity index (χ2n) is 4.64. The molecule has 0 spiro atoms. The number of nitrogens with one attached hydrogen (secondary N) is 2. The van der Waals surface area contributed by atoms with Gasteiger partial charge in [-0.1, -0.05) is 29.3 Å². The first-order valence-corrected chi connectivity index (χ1v) is 8.95. The summed E-state index contributed by atoms with van der Waals surface area (Å²) in [5.74, 6) is -0.0675. The lowest BCUT2D eigenvalue weighted by molar-refractivity contribution is -0.115. The van der Waals surface area contributed by atoms with E-state index in [2.05, 4.69) is 10.0 Å². The third-order valence-corrected chi connectivity index (χ3v) is 5.07. The predicted molar refractivity (Wildman–Crippen MR) is 93.3 cm³/mol. The van der Waals surface area contributed by atoms with Gasteiger partial charge in [0.25, 0.3) is 0 Å². The Morgan fingerprint density at radius 2 is 1.67 bits per heavy atom. The number of methoxy groups -OCH3 is 1. The van der Waals surface area contributed by atoms with Crippen molar-refractivity contribution in [3.8, 4) is 5.75 Å². The van der Waals surface area contributed by atoms with Crippen LogP contribution in [0.3, 0.4) is 0 Å². The molecule has 0 aliphatic rings. The smallest absolute Gasteiger partial charge is 0.241 e. The molecule has 0 heterocycles. The third kappa shape index (κ3) is 4.61. The third-order valence-electron chi connectivity index (χ3n) is 3.02. The van der Waals surface area contributed by atoms with E-state index in [-0.39, 0.29) is 20.6 Å². The van der Waals surface area contributed by atoms with Gasteiger partial charge in [0.15, 0.2) is 0 Å². The van der Waals surface area contributed by atoms with Crippen LogP contribution in [0.4, 0.5) is 5.69 Å². The molecule has 0 unspecified atom stereocenters. The summed E-state index contributed by atoms with van der Waals surface area (Å²) in [6, 6.07) is 10.5. The lowest BCUT2D eigenvalue weighted by Crippen LogP contribution is -2.33. The van der Waals surface area contributed by atoms with Gasteiger partial charge in [0.05, 0.1) is 34.3 Å². The maximum Gasteiger partial charge on any atom is 0.241 e. The Kier molecular flexibility index (Phi) is 6.06. The predicted octanol–water partition coefficient (Wildman–Crippen LogP) is 2.92. The van der Waals surface area contributed by atoms with Crippen LogP contribution in [0.25, 0.3) is 0 Å². The highest BCUT2D eigenvalue weighted by molar-refractivity contribution is 7.89. The highest BCUT2D eigenvalue weighted by atomic mass is 35.5. The molecule has 2 aromatic rings. The molecule has 128 valence electrons. The van der Waals surface area contributed by atoms with Crippen molar-refractivity contribution in [2.75, 3.05) is 19.0 Å². The van der Waals surface area contributed by atoms with Crippen molar-refractivity contribution in [3.63, 3.8) is 0 Å². The summed E-state index contributed by atoms with van der Waals surface area (Å²) >= 11 is 11.9. The normalized spacial score (nSPS) is 11.1. The van der Waals surface area contributed by atoms with Crippen molar-refractivity contribution in [2.24, 2.45) is 0 Å². The minimum atomic E-state index is -3.83. The van der Waals surface area contributed by atoms with E-state index in [1.54, 1.807) is 18.2 Å². The zero-order valence-electron chi connectivity index (χ0n) is 12.5. The van der Waals surface area contributed by atoms with Gasteiger partial charge in [0.1, 0.15) is 5.75 Å². The van der Waals surface area contributed by atoms with Crippen LogP contribution in [0.15, 0.2) is 47.4 Å². The largest absolute Gasteiger partial charge is 0.497 e. The van der Waals surface area contributed by atoms with Gasteiger partial charge in [-0.3, -0.25) is 4.79 Å². The molecule has 0 aromatic heterocycles. The highest BCUT2D eigenvalue weighted by Crippen LogP contribution is 2.29. The molecule has 1 amide bonds. The summed E-state index contributed by atoms with van der Waals surface area (Å²) in [6.45, 7) is -0.462. The van der Waals surface area contributed by atoms with E-state index in [1.165, 1.54) is 31.4 Å². The Labute approximate surface area is 149 Å². The zero-order chi connectivity index (χ0) is 17.7. The zero-order valence-corrected chi connectivity index (χ0v) is 14.9. The van der Waals surface area contributed by atoms with Gasteiger partial charge in [0, 0.05) is 0 Å². The van der Waals surface area contributed by atoms with Crippen molar-refractivity contribution in [1.29, 1.82) is 0 Å². The lowest BCUT2D eigenvalue weighted by Gasteiger charge is -2.10. The average molecular weight is 389 g/mol. The Morgan fingerprint density at radius 3 is 2.21 bits per heavy atom. The number of benzene rings is 2. The van der Waals surface area contributed by atoms with E-state index < -0.39 is 22.5 Å². The second-order valence-corrected chi connectivity index (χ2v) is 7.23. The summed E-state index contributed by atoms with van der Waals surface area (Å²) in [6.07, 6.45) is 0. The minimum absolute atomic E-state index is 0.0203. The van der Waals surface area contributed by atoms with E-state index in [4.69, 9.17) is 27.9 Å². The Morgan fingerprint density at radius 1 is 1.08 bits per heavy atom. The quantitative estimate of drug-likeness (QED) is 0.796. The number of anilines is 1. The van der Waals surface area contributed by atoms with Crippen LogP contribution in [0.1, 0.15) is 0 Å². The van der Waals surface area contributed by atoms with Crippen LogP contribution >= 0.6 is 23.2 Å². The summed E-state index contributed by atoms with van der Waals surface area (Å²) in [4.78, 5) is 11.9. The van der Waals surface area contributed by atoms with E-state index >= 15 is 0 Å². The Balaban J connectivity index is 2.02. The summed E-state index contributed by atoms with van der Waals surface area (Å²) < 4.78 is 31.4. The molecule has 2 rings (SSSR count). The molecule has 0 aliphatic heterocycles. The van der Waals surface area contributed by atoms with Gasteiger partial charge in [-0.15, -0.1) is 0 Å². The van der Waals surface area contributed by atoms with Gasteiger partial charge in [-0.05, 0) is 36.4 Å². The molecule has 0 bridgehead atoms. The molecule has 0 aliphatic carbocycles. The van der Waals surface area contributed by atoms with E-state index in [1.807, 2.05) is 0 Å². The fourth-order valence-corrected chi connectivity index (χ4v) is 3.27. The monoisotopic (exact) mass is 388 g/mol. The van der Waals surface area contributed by atoms with Gasteiger partial charge >= 0.3 is 0 Å². The van der Waals surface area contributed by atoms with E-state index in [9.17, 15) is 13.2 Å². The highest BCUT2D eigenvalue weighted by Gasteiger charge is 2.16. The maximum absolute atomic E-state index is 12.1. The molecule has 0 saturated carbocycles. The minimum Gasteiger partial charge on any atom is -0.497 e. The number of ether oxygens (including phenoxy) is 1. The fraction of sp³-hybridized carbons (Fsp3) is 0.133. The molecule has 0 fully saturated rings. The first-order valence-electron chi connectivity index (χ1n) is 6.71. The maximum atomic E-state index is 12.1. The number of rotatable bonds is 6. The molecule has 0 radical (unpaired) electrons. The van der Waals surface area contributed by atoms with Crippen molar-refractivity contribution in [1.82, 2.24) is 4.72 Å². The lowest BCUT2D eigenvalue weighted by atomic mass is 10.3. The van der Waals surface area contributed by atoms with E-state index in [0.29, 0.717) is 5.75 Å². The van der Waals surface area contributed by atoms with Crippen LogP contribution in [-0.4, -0.2) is 28.0 Å². The number of para-hydroxylation sites is 1. The van der Waals surface area contributed by atoms with Gasteiger partial charge < -0.3 is 10.1 Å². The molecule has 6 nitrogen and oxygen atoms in total. The number of amides is 1. The summed E-state index contributed by atoms with van der Waals surface area (Å²) in [5, 5.41) is 2.99. The van der Waals surface area contributed by atoms with Gasteiger partial charge in [0.2, 0.25) is 15.9 Å². The molecule has 2 N–H and O–H groups in total. The average Bonchev–Trinajstić information content (AvgIpc) is 2.56. The van der Waals surface area contributed by atoms with Crippen molar-refractivity contribution in [2.45, 2.75) is 4.90 Å². The second kappa shape index (κ2) is 7.85. The van der Waals surface area contributed by atoms with Gasteiger partial charge in [-0.2, -0.15) is 0 Å². The molecule has 0 saturated heterocycles. The number of carbonyl (C=O) groups is 1. The van der Waals surface area contributed by atoms with Gasteiger partial charge in [-0.25, -0.2) is 13.1 Å². The molecule has 2 aromatic carbocycles. The Hall–Kier alpha value is -1.80. The number of hydrogen-bond acceptors (Lipinski definition) is 4. The van der Waals surface area contributed by atoms with Crippen LogP contribution in [0.5, 0.6) is 5.75 Å². The number of halogens is 2. The molecular weight excluding hydrogens is 375 g/mol. The van der Waals surface area contributed by atoms with E-state index in [0.717, 1.165) is 0 Å². The number of hydrogen-bond donors (Lipinski definition) is 2. The summed E-state index contributed by atoms with van der Waals surface area (Å²) in [7, 11) is -2.35. The van der Waals surface area contributed by atoms with Crippen LogP contribution in [0, 0.1) is 0 Å². The standard InChI is InChI=1S/C15H14Cl2N2O4S/c1-23-10-5-7-11(8-6-10)24(21,22)18-9-14(20)19-15-12(16)3-2-4-13(15)17/h2-8,18H,9H2,1H3,(H,19,20). The molecule has 0 atom stereocenters. The number of carbonyl (C=O) groups excluding carboxylic acids is 1.